The van der Waals surface area contributed by atoms with E-state index in [9.17, 15) is 0 Å². The fourth-order valence-corrected chi connectivity index (χ4v) is 1.74. The van der Waals surface area contributed by atoms with Gasteiger partial charge in [0.15, 0.2) is 0 Å². The number of pyridine rings is 1. The molecule has 0 aliphatic heterocycles. The van der Waals surface area contributed by atoms with E-state index >= 15 is 0 Å². The Kier molecular flexibility index (Phi) is 3.25. The zero-order valence-corrected chi connectivity index (χ0v) is 9.77. The molecule has 0 aromatic carbocycles. The van der Waals surface area contributed by atoms with Crippen molar-refractivity contribution in [2.45, 2.75) is 19.9 Å². The van der Waals surface area contributed by atoms with E-state index in [1.54, 1.807) is 0 Å². The van der Waals surface area contributed by atoms with Gasteiger partial charge in [-0.2, -0.15) is 0 Å². The van der Waals surface area contributed by atoms with Crippen LogP contribution < -0.4 is 5.32 Å². The summed E-state index contributed by atoms with van der Waals surface area (Å²) in [5, 5.41) is 3.38. The first kappa shape index (κ1) is 10.7. The second kappa shape index (κ2) is 4.84. The molecule has 0 aliphatic rings. The summed E-state index contributed by atoms with van der Waals surface area (Å²) in [6.07, 6.45) is 4.88. The third kappa shape index (κ3) is 2.24. The van der Waals surface area contributed by atoms with Crippen LogP contribution in [0.25, 0.3) is 0 Å². The van der Waals surface area contributed by atoms with Crippen molar-refractivity contribution < 1.29 is 0 Å². The first-order chi connectivity index (χ1) is 7.81. The molecule has 3 heteroatoms. The minimum Gasteiger partial charge on any atom is -0.364 e. The molecule has 0 aliphatic carbocycles. The topological polar surface area (TPSA) is 29.9 Å². The summed E-state index contributed by atoms with van der Waals surface area (Å²) in [6.45, 7) is 2.96. The Hall–Kier alpha value is -1.77. The molecular formula is C13H17N3. The average molecular weight is 215 g/mol. The van der Waals surface area contributed by atoms with Crippen molar-refractivity contribution in [3.05, 3.63) is 47.9 Å². The smallest absolute Gasteiger partial charge is 0.129 e. The second-order valence-corrected chi connectivity index (χ2v) is 3.83. The second-order valence-electron chi connectivity index (χ2n) is 3.83. The van der Waals surface area contributed by atoms with Crippen LogP contribution in [0.4, 0.5) is 5.82 Å². The lowest BCUT2D eigenvalue weighted by molar-refractivity contribution is 0.839. The van der Waals surface area contributed by atoms with Crippen LogP contribution in [-0.4, -0.2) is 9.55 Å². The van der Waals surface area contributed by atoms with Gasteiger partial charge in [-0.15, -0.1) is 0 Å². The van der Waals surface area contributed by atoms with Gasteiger partial charge < -0.3 is 9.88 Å². The first-order valence-corrected chi connectivity index (χ1v) is 5.59. The molecule has 2 rings (SSSR count). The van der Waals surface area contributed by atoms with Crippen molar-refractivity contribution in [3.8, 4) is 0 Å². The highest BCUT2D eigenvalue weighted by molar-refractivity contribution is 5.43. The van der Waals surface area contributed by atoms with Crippen LogP contribution in [0.1, 0.15) is 18.2 Å². The van der Waals surface area contributed by atoms with Gasteiger partial charge in [0.25, 0.3) is 0 Å². The molecule has 0 unspecified atom stereocenters. The molecule has 0 atom stereocenters. The zero-order valence-electron chi connectivity index (χ0n) is 9.77. The number of hydrogen-bond donors (Lipinski definition) is 1. The van der Waals surface area contributed by atoms with Crippen molar-refractivity contribution in [2.24, 2.45) is 7.05 Å². The molecule has 0 saturated heterocycles. The lowest BCUT2D eigenvalue weighted by Gasteiger charge is -2.09. The van der Waals surface area contributed by atoms with Crippen LogP contribution in [0.5, 0.6) is 0 Å². The molecule has 2 heterocycles. The van der Waals surface area contributed by atoms with Gasteiger partial charge in [0.05, 0.1) is 6.54 Å². The quantitative estimate of drug-likeness (QED) is 0.849. The summed E-state index contributed by atoms with van der Waals surface area (Å²) in [7, 11) is 2.05. The SMILES string of the molecule is CCc1cccnc1NCc1cccn1C. The van der Waals surface area contributed by atoms with Gasteiger partial charge in [0, 0.05) is 25.1 Å². The predicted molar refractivity (Wildman–Crippen MR) is 66.4 cm³/mol. The Bertz CT molecular complexity index is 460. The first-order valence-electron chi connectivity index (χ1n) is 5.59. The summed E-state index contributed by atoms with van der Waals surface area (Å²) in [6, 6.07) is 8.25. The van der Waals surface area contributed by atoms with E-state index in [2.05, 4.69) is 53.2 Å². The molecule has 0 amide bonds. The number of rotatable bonds is 4. The van der Waals surface area contributed by atoms with Gasteiger partial charge in [0.1, 0.15) is 5.82 Å². The normalized spacial score (nSPS) is 10.4. The Morgan fingerprint density at radius 1 is 1.31 bits per heavy atom. The van der Waals surface area contributed by atoms with E-state index < -0.39 is 0 Å². The van der Waals surface area contributed by atoms with Crippen molar-refractivity contribution in [3.63, 3.8) is 0 Å². The number of hydrogen-bond acceptors (Lipinski definition) is 2. The van der Waals surface area contributed by atoms with Crippen LogP contribution in [0, 0.1) is 0 Å². The molecule has 84 valence electrons. The van der Waals surface area contributed by atoms with Gasteiger partial charge in [-0.05, 0) is 30.2 Å². The maximum Gasteiger partial charge on any atom is 0.129 e. The maximum atomic E-state index is 4.36. The highest BCUT2D eigenvalue weighted by Crippen LogP contribution is 2.13. The molecule has 0 bridgehead atoms. The third-order valence-corrected chi connectivity index (χ3v) is 2.76. The minimum atomic E-state index is 0.813. The van der Waals surface area contributed by atoms with E-state index in [1.807, 2.05) is 12.3 Å². The van der Waals surface area contributed by atoms with Crippen molar-refractivity contribution in [1.82, 2.24) is 9.55 Å². The Balaban J connectivity index is 2.07. The van der Waals surface area contributed by atoms with Crippen LogP contribution in [0.3, 0.4) is 0 Å². The standard InChI is InChI=1S/C13H17N3/c1-3-11-6-4-8-14-13(11)15-10-12-7-5-9-16(12)2/h4-9H,3,10H2,1-2H3,(H,14,15). The van der Waals surface area contributed by atoms with Gasteiger partial charge in [0.2, 0.25) is 0 Å². The molecule has 0 saturated carbocycles. The molecule has 0 spiro atoms. The van der Waals surface area contributed by atoms with Gasteiger partial charge in [-0.25, -0.2) is 4.98 Å². The molecule has 16 heavy (non-hydrogen) atoms. The molecular weight excluding hydrogens is 198 g/mol. The highest BCUT2D eigenvalue weighted by Gasteiger charge is 2.01. The van der Waals surface area contributed by atoms with Gasteiger partial charge in [-0.1, -0.05) is 13.0 Å². The van der Waals surface area contributed by atoms with E-state index in [0.717, 1.165) is 18.8 Å². The number of aromatic nitrogens is 2. The van der Waals surface area contributed by atoms with Crippen LogP contribution in [-0.2, 0) is 20.0 Å². The zero-order chi connectivity index (χ0) is 11.4. The summed E-state index contributed by atoms with van der Waals surface area (Å²) >= 11 is 0. The van der Waals surface area contributed by atoms with E-state index in [0.29, 0.717) is 0 Å². The fourth-order valence-electron chi connectivity index (χ4n) is 1.74. The molecule has 0 fully saturated rings. The van der Waals surface area contributed by atoms with E-state index in [4.69, 9.17) is 0 Å². The van der Waals surface area contributed by atoms with Crippen molar-refractivity contribution >= 4 is 5.82 Å². The van der Waals surface area contributed by atoms with Crippen LogP contribution >= 0.6 is 0 Å². The maximum absolute atomic E-state index is 4.36. The molecule has 2 aromatic rings. The summed E-state index contributed by atoms with van der Waals surface area (Å²) in [5.74, 6) is 0.992. The van der Waals surface area contributed by atoms with Crippen molar-refractivity contribution in [2.75, 3.05) is 5.32 Å². The predicted octanol–water partition coefficient (Wildman–Crippen LogP) is 2.59. The molecule has 0 radical (unpaired) electrons. The summed E-state index contributed by atoms with van der Waals surface area (Å²) in [4.78, 5) is 4.36. The summed E-state index contributed by atoms with van der Waals surface area (Å²) < 4.78 is 2.11. The fraction of sp³-hybridized carbons (Fsp3) is 0.308. The van der Waals surface area contributed by atoms with Gasteiger partial charge >= 0.3 is 0 Å². The van der Waals surface area contributed by atoms with Crippen LogP contribution in [0.2, 0.25) is 0 Å². The van der Waals surface area contributed by atoms with E-state index in [1.165, 1.54) is 11.3 Å². The average Bonchev–Trinajstić information content (AvgIpc) is 2.72. The number of nitrogens with zero attached hydrogens (tertiary/aromatic N) is 2. The third-order valence-electron chi connectivity index (χ3n) is 2.76. The number of aryl methyl sites for hydroxylation is 2. The lowest BCUT2D eigenvalue weighted by Crippen LogP contribution is -2.07. The Morgan fingerprint density at radius 2 is 2.19 bits per heavy atom. The largest absolute Gasteiger partial charge is 0.364 e. The van der Waals surface area contributed by atoms with E-state index in [-0.39, 0.29) is 0 Å². The Labute approximate surface area is 96.1 Å². The minimum absolute atomic E-state index is 0.813. The number of nitrogens with one attached hydrogen (secondary N) is 1. The summed E-state index contributed by atoms with van der Waals surface area (Å²) in [5.41, 5.74) is 2.52. The Morgan fingerprint density at radius 3 is 2.88 bits per heavy atom. The monoisotopic (exact) mass is 215 g/mol. The highest BCUT2D eigenvalue weighted by atomic mass is 15.0. The van der Waals surface area contributed by atoms with Crippen LogP contribution in [0.15, 0.2) is 36.7 Å². The van der Waals surface area contributed by atoms with Gasteiger partial charge in [-0.3, -0.25) is 0 Å². The molecule has 2 aromatic heterocycles. The molecule has 3 nitrogen and oxygen atoms in total. The lowest BCUT2D eigenvalue weighted by atomic mass is 10.2. The number of anilines is 1. The van der Waals surface area contributed by atoms with Crippen molar-refractivity contribution in [1.29, 1.82) is 0 Å². The molecule has 1 N–H and O–H groups in total.